The topological polar surface area (TPSA) is 60.4 Å². The molecule has 0 heterocycles. The third-order valence-corrected chi connectivity index (χ3v) is 5.33. The maximum Gasteiger partial charge on any atom is 0.194 e. The van der Waals surface area contributed by atoms with Crippen LogP contribution in [0.25, 0.3) is 10.8 Å². The summed E-state index contributed by atoms with van der Waals surface area (Å²) in [6, 6.07) is 15.9. The highest BCUT2D eigenvalue weighted by Gasteiger charge is 2.30. The van der Waals surface area contributed by atoms with Crippen LogP contribution in [0.3, 0.4) is 0 Å². The molecule has 4 heteroatoms. The molecule has 0 aromatic heterocycles. The molecule has 4 nitrogen and oxygen atoms in total. The van der Waals surface area contributed by atoms with Crippen molar-refractivity contribution in [2.24, 2.45) is 0 Å². The summed E-state index contributed by atoms with van der Waals surface area (Å²) in [5.74, 6) is -0.595. The van der Waals surface area contributed by atoms with E-state index in [1.807, 2.05) is 24.3 Å². The number of hydrogen-bond acceptors (Lipinski definition) is 4. The first-order valence-corrected chi connectivity index (χ1v) is 9.97. The maximum atomic E-state index is 13.1. The van der Waals surface area contributed by atoms with Gasteiger partial charge in [-0.1, -0.05) is 50.1 Å². The van der Waals surface area contributed by atoms with Gasteiger partial charge in [0.15, 0.2) is 17.3 Å². The Bertz CT molecular complexity index is 1130. The first kappa shape index (κ1) is 19.2. The molecule has 1 aliphatic rings. The average Bonchev–Trinajstić information content (AvgIpc) is 2.75. The van der Waals surface area contributed by atoms with Crippen molar-refractivity contribution in [2.45, 2.75) is 26.2 Å². The molecule has 0 unspecified atom stereocenters. The molecule has 0 saturated heterocycles. The first-order valence-electron chi connectivity index (χ1n) is 9.97. The fourth-order valence-electron chi connectivity index (χ4n) is 3.71. The van der Waals surface area contributed by atoms with Gasteiger partial charge in [0, 0.05) is 34.4 Å². The first-order chi connectivity index (χ1) is 14.1. The largest absolute Gasteiger partial charge is 0.373 e. The predicted molar refractivity (Wildman–Crippen MR) is 112 cm³/mol. The van der Waals surface area contributed by atoms with Crippen LogP contribution in [0.15, 0.2) is 54.6 Å². The number of fused-ring (bicyclic) bond motifs is 3. The van der Waals surface area contributed by atoms with Crippen LogP contribution in [-0.2, 0) is 4.74 Å². The lowest BCUT2D eigenvalue weighted by Gasteiger charge is -2.19. The number of carbonyl (C=O) groups excluding carboxylic acids is 3. The van der Waals surface area contributed by atoms with Gasteiger partial charge in [0.2, 0.25) is 0 Å². The number of benzene rings is 3. The second-order valence-electron chi connectivity index (χ2n) is 7.35. The second-order valence-corrected chi connectivity index (χ2v) is 7.35. The molecule has 0 saturated carbocycles. The Morgan fingerprint density at radius 1 is 0.793 bits per heavy atom. The third kappa shape index (κ3) is 3.64. The average molecular weight is 386 g/mol. The summed E-state index contributed by atoms with van der Waals surface area (Å²) in [6.45, 7) is 2.63. The van der Waals surface area contributed by atoms with Crippen molar-refractivity contribution in [1.82, 2.24) is 0 Å². The highest BCUT2D eigenvalue weighted by molar-refractivity contribution is 6.29. The number of carbonyl (C=O) groups is 3. The van der Waals surface area contributed by atoms with Gasteiger partial charge in [-0.05, 0) is 41.5 Å². The maximum absolute atomic E-state index is 13.1. The molecule has 0 N–H and O–H groups in total. The molecule has 0 bridgehead atoms. The number of hydrogen-bond donors (Lipinski definition) is 0. The minimum atomic E-state index is -0.223. The van der Waals surface area contributed by atoms with Crippen molar-refractivity contribution in [2.75, 3.05) is 13.2 Å². The van der Waals surface area contributed by atoms with Gasteiger partial charge in [0.1, 0.15) is 6.61 Å². The molecule has 0 atom stereocenters. The third-order valence-electron chi connectivity index (χ3n) is 5.33. The van der Waals surface area contributed by atoms with Crippen LogP contribution >= 0.6 is 0 Å². The van der Waals surface area contributed by atoms with Gasteiger partial charge in [-0.3, -0.25) is 14.4 Å². The zero-order valence-corrected chi connectivity index (χ0v) is 16.4. The Kier molecular flexibility index (Phi) is 5.36. The molecular weight excluding hydrogens is 364 g/mol. The Balaban J connectivity index is 1.62. The molecule has 0 spiro atoms. The molecule has 3 aromatic carbocycles. The fraction of sp³-hybridized carbons (Fsp3) is 0.240. The van der Waals surface area contributed by atoms with Gasteiger partial charge in [0.25, 0.3) is 0 Å². The van der Waals surface area contributed by atoms with E-state index >= 15 is 0 Å². The summed E-state index contributed by atoms with van der Waals surface area (Å²) < 4.78 is 5.45. The lowest BCUT2D eigenvalue weighted by molar-refractivity contribution is 0.0752. The molecule has 146 valence electrons. The van der Waals surface area contributed by atoms with E-state index in [2.05, 4.69) is 6.92 Å². The standard InChI is InChI=1S/C25H22O4/c1-2-3-6-11-29-15-23(26)18-9-10-19-20(14-18)25(28)22-13-17-8-5-4-7-16(17)12-21(22)24(19)27/h4-5,7-10,12-14H,2-3,6,11,15H2,1H3. The second kappa shape index (κ2) is 8.10. The molecule has 0 radical (unpaired) electrons. The van der Waals surface area contributed by atoms with Gasteiger partial charge < -0.3 is 4.74 Å². The summed E-state index contributed by atoms with van der Waals surface area (Å²) in [5, 5.41) is 1.83. The van der Waals surface area contributed by atoms with Gasteiger partial charge in [-0.25, -0.2) is 0 Å². The summed E-state index contributed by atoms with van der Waals surface area (Å²) in [4.78, 5) is 38.5. The molecule has 4 rings (SSSR count). The molecule has 0 fully saturated rings. The summed E-state index contributed by atoms with van der Waals surface area (Å²) in [5.41, 5.74) is 1.83. The van der Waals surface area contributed by atoms with Crippen LogP contribution in [0, 0.1) is 0 Å². The molecule has 0 aliphatic heterocycles. The van der Waals surface area contributed by atoms with Gasteiger partial charge in [-0.2, -0.15) is 0 Å². The van der Waals surface area contributed by atoms with Crippen molar-refractivity contribution >= 4 is 28.1 Å². The van der Waals surface area contributed by atoms with E-state index in [9.17, 15) is 14.4 Å². The van der Waals surface area contributed by atoms with E-state index < -0.39 is 0 Å². The van der Waals surface area contributed by atoms with E-state index in [0.717, 1.165) is 30.0 Å². The van der Waals surface area contributed by atoms with Crippen LogP contribution < -0.4 is 0 Å². The normalized spacial score (nSPS) is 12.7. The molecule has 3 aromatic rings. The zero-order chi connectivity index (χ0) is 20.4. The highest BCUT2D eigenvalue weighted by Crippen LogP contribution is 2.31. The van der Waals surface area contributed by atoms with Gasteiger partial charge in [0.05, 0.1) is 0 Å². The van der Waals surface area contributed by atoms with E-state index in [4.69, 9.17) is 4.74 Å². The van der Waals surface area contributed by atoms with Crippen molar-refractivity contribution in [3.63, 3.8) is 0 Å². The van der Waals surface area contributed by atoms with Crippen LogP contribution in [-0.4, -0.2) is 30.6 Å². The lowest BCUT2D eigenvalue weighted by atomic mass is 9.82. The van der Waals surface area contributed by atoms with Crippen molar-refractivity contribution < 1.29 is 19.1 Å². The lowest BCUT2D eigenvalue weighted by Crippen LogP contribution is -2.22. The van der Waals surface area contributed by atoms with E-state index in [1.165, 1.54) is 6.07 Å². The highest BCUT2D eigenvalue weighted by atomic mass is 16.5. The minimum absolute atomic E-state index is 0.0220. The molecule has 29 heavy (non-hydrogen) atoms. The van der Waals surface area contributed by atoms with E-state index in [-0.39, 0.29) is 29.5 Å². The summed E-state index contributed by atoms with van der Waals surface area (Å²) >= 11 is 0. The van der Waals surface area contributed by atoms with Crippen molar-refractivity contribution in [3.05, 3.63) is 82.4 Å². The predicted octanol–water partition coefficient (Wildman–Crippen LogP) is 5.00. The quantitative estimate of drug-likeness (QED) is 0.331. The number of ketones is 3. The minimum Gasteiger partial charge on any atom is -0.373 e. The van der Waals surface area contributed by atoms with E-state index in [0.29, 0.717) is 28.9 Å². The van der Waals surface area contributed by atoms with Crippen molar-refractivity contribution in [3.8, 4) is 0 Å². The molecule has 0 amide bonds. The smallest absolute Gasteiger partial charge is 0.194 e. The zero-order valence-electron chi connectivity index (χ0n) is 16.4. The van der Waals surface area contributed by atoms with Gasteiger partial charge in [-0.15, -0.1) is 0 Å². The summed E-state index contributed by atoms with van der Waals surface area (Å²) in [7, 11) is 0. The fourth-order valence-corrected chi connectivity index (χ4v) is 3.71. The number of rotatable bonds is 7. The molecule has 1 aliphatic carbocycles. The Hall–Kier alpha value is -3.11. The monoisotopic (exact) mass is 386 g/mol. The Morgan fingerprint density at radius 2 is 1.41 bits per heavy atom. The van der Waals surface area contributed by atoms with Crippen LogP contribution in [0.4, 0.5) is 0 Å². The molecular formula is C25H22O4. The van der Waals surface area contributed by atoms with E-state index in [1.54, 1.807) is 24.3 Å². The number of Topliss-reactive ketones (excluding diaryl/α,β-unsaturated/α-hetero) is 1. The SMILES string of the molecule is CCCCCOCC(=O)c1ccc2c(c1)C(=O)c1cc3ccccc3cc1C2=O. The van der Waals surface area contributed by atoms with Crippen LogP contribution in [0.2, 0.25) is 0 Å². The number of unbranched alkanes of at least 4 members (excludes halogenated alkanes) is 2. The number of ether oxygens (including phenoxy) is 1. The van der Waals surface area contributed by atoms with Gasteiger partial charge >= 0.3 is 0 Å². The Labute approximate surface area is 169 Å². The van der Waals surface area contributed by atoms with Crippen LogP contribution in [0.5, 0.6) is 0 Å². The van der Waals surface area contributed by atoms with Crippen molar-refractivity contribution in [1.29, 1.82) is 0 Å². The Morgan fingerprint density at radius 3 is 2.07 bits per heavy atom. The van der Waals surface area contributed by atoms with Crippen LogP contribution in [0.1, 0.15) is 68.4 Å². The summed E-state index contributed by atoms with van der Waals surface area (Å²) in [6.07, 6.45) is 3.08.